The standard InChI is InChI=1S/C12H24N2O3/c1-11(12(15)16)14-8-6-13(7-9-14)5-3-4-10-17-2/h11H,3-10H2,1-2H3,(H,15,16). The minimum atomic E-state index is -0.724. The summed E-state index contributed by atoms with van der Waals surface area (Å²) in [5.74, 6) is -0.724. The Morgan fingerprint density at radius 2 is 1.94 bits per heavy atom. The number of unbranched alkanes of at least 4 members (excludes halogenated alkanes) is 1. The van der Waals surface area contributed by atoms with E-state index in [1.807, 2.05) is 4.90 Å². The smallest absolute Gasteiger partial charge is 0.320 e. The number of carbonyl (C=O) groups is 1. The molecule has 5 heteroatoms. The highest BCUT2D eigenvalue weighted by molar-refractivity contribution is 5.72. The van der Waals surface area contributed by atoms with Gasteiger partial charge in [-0.05, 0) is 26.3 Å². The number of nitrogens with zero attached hydrogens (tertiary/aromatic N) is 2. The lowest BCUT2D eigenvalue weighted by atomic mass is 10.2. The maximum Gasteiger partial charge on any atom is 0.320 e. The molecule has 1 aliphatic heterocycles. The summed E-state index contributed by atoms with van der Waals surface area (Å²) in [4.78, 5) is 15.3. The van der Waals surface area contributed by atoms with Crippen LogP contribution in [-0.2, 0) is 9.53 Å². The van der Waals surface area contributed by atoms with Gasteiger partial charge in [0.2, 0.25) is 0 Å². The largest absolute Gasteiger partial charge is 0.480 e. The second-order valence-corrected chi connectivity index (χ2v) is 4.59. The lowest BCUT2D eigenvalue weighted by Crippen LogP contribution is -2.51. The third kappa shape index (κ3) is 5.02. The molecule has 17 heavy (non-hydrogen) atoms. The van der Waals surface area contributed by atoms with E-state index in [1.54, 1.807) is 14.0 Å². The molecule has 1 saturated heterocycles. The Hall–Kier alpha value is -0.650. The Labute approximate surface area is 103 Å². The Morgan fingerprint density at radius 3 is 2.47 bits per heavy atom. The van der Waals surface area contributed by atoms with E-state index in [0.29, 0.717) is 0 Å². The van der Waals surface area contributed by atoms with Crippen LogP contribution >= 0.6 is 0 Å². The van der Waals surface area contributed by atoms with E-state index in [-0.39, 0.29) is 6.04 Å². The minimum Gasteiger partial charge on any atom is -0.480 e. The number of ether oxygens (including phenoxy) is 1. The molecule has 1 atom stereocenters. The zero-order valence-electron chi connectivity index (χ0n) is 10.9. The molecule has 0 aromatic heterocycles. The SMILES string of the molecule is COCCCCN1CCN(C(C)C(=O)O)CC1. The fourth-order valence-electron chi connectivity index (χ4n) is 2.11. The highest BCUT2D eigenvalue weighted by Crippen LogP contribution is 2.07. The normalized spacial score (nSPS) is 20.4. The van der Waals surface area contributed by atoms with Crippen LogP contribution in [0.2, 0.25) is 0 Å². The van der Waals surface area contributed by atoms with Gasteiger partial charge in [-0.15, -0.1) is 0 Å². The maximum absolute atomic E-state index is 10.9. The molecule has 1 N–H and O–H groups in total. The van der Waals surface area contributed by atoms with Crippen molar-refractivity contribution >= 4 is 5.97 Å². The molecule has 0 spiro atoms. The van der Waals surface area contributed by atoms with E-state index in [2.05, 4.69) is 4.90 Å². The van der Waals surface area contributed by atoms with Crippen LogP contribution in [0.4, 0.5) is 0 Å². The van der Waals surface area contributed by atoms with Gasteiger partial charge < -0.3 is 14.7 Å². The van der Waals surface area contributed by atoms with Gasteiger partial charge in [0.05, 0.1) is 0 Å². The molecule has 0 radical (unpaired) electrons. The molecule has 1 unspecified atom stereocenters. The van der Waals surface area contributed by atoms with Gasteiger partial charge in [-0.1, -0.05) is 0 Å². The second-order valence-electron chi connectivity index (χ2n) is 4.59. The average molecular weight is 244 g/mol. The summed E-state index contributed by atoms with van der Waals surface area (Å²) in [5, 5.41) is 8.93. The van der Waals surface area contributed by atoms with Crippen molar-refractivity contribution in [3.8, 4) is 0 Å². The Balaban J connectivity index is 2.15. The third-order valence-corrected chi connectivity index (χ3v) is 3.38. The number of hydrogen-bond acceptors (Lipinski definition) is 4. The van der Waals surface area contributed by atoms with Crippen molar-refractivity contribution in [2.75, 3.05) is 46.4 Å². The molecule has 5 nitrogen and oxygen atoms in total. The van der Waals surface area contributed by atoms with Gasteiger partial charge in [-0.25, -0.2) is 0 Å². The molecule has 1 aliphatic rings. The van der Waals surface area contributed by atoms with Crippen molar-refractivity contribution in [2.24, 2.45) is 0 Å². The number of aliphatic carboxylic acids is 1. The first-order valence-electron chi connectivity index (χ1n) is 6.33. The zero-order chi connectivity index (χ0) is 12.7. The van der Waals surface area contributed by atoms with Gasteiger partial charge in [-0.3, -0.25) is 9.69 Å². The summed E-state index contributed by atoms with van der Waals surface area (Å²) in [6, 6.07) is -0.356. The van der Waals surface area contributed by atoms with Crippen molar-refractivity contribution in [1.82, 2.24) is 9.80 Å². The molecule has 0 aromatic rings. The van der Waals surface area contributed by atoms with Gasteiger partial charge in [0.25, 0.3) is 0 Å². The first kappa shape index (κ1) is 14.4. The van der Waals surface area contributed by atoms with Gasteiger partial charge >= 0.3 is 5.97 Å². The van der Waals surface area contributed by atoms with E-state index in [9.17, 15) is 4.79 Å². The van der Waals surface area contributed by atoms with Crippen molar-refractivity contribution in [2.45, 2.75) is 25.8 Å². The zero-order valence-corrected chi connectivity index (χ0v) is 10.9. The monoisotopic (exact) mass is 244 g/mol. The Bertz CT molecular complexity index is 228. The molecule has 1 heterocycles. The quantitative estimate of drug-likeness (QED) is 0.661. The van der Waals surface area contributed by atoms with Crippen molar-refractivity contribution in [3.63, 3.8) is 0 Å². The van der Waals surface area contributed by atoms with E-state index < -0.39 is 5.97 Å². The first-order valence-corrected chi connectivity index (χ1v) is 6.33. The minimum absolute atomic E-state index is 0.356. The number of piperazine rings is 1. The Morgan fingerprint density at radius 1 is 1.29 bits per heavy atom. The summed E-state index contributed by atoms with van der Waals surface area (Å²) in [5.41, 5.74) is 0. The predicted molar refractivity (Wildman–Crippen MR) is 66.2 cm³/mol. The number of rotatable bonds is 7. The molecule has 1 rings (SSSR count). The fraction of sp³-hybridized carbons (Fsp3) is 0.917. The number of carboxylic acids is 1. The molecule has 0 aromatic carbocycles. The van der Waals surface area contributed by atoms with Gasteiger partial charge in [-0.2, -0.15) is 0 Å². The predicted octanol–water partition coefficient (Wildman–Crippen LogP) is 0.504. The summed E-state index contributed by atoms with van der Waals surface area (Å²) in [7, 11) is 1.73. The topological polar surface area (TPSA) is 53.0 Å². The fourth-order valence-corrected chi connectivity index (χ4v) is 2.11. The first-order chi connectivity index (χ1) is 8.15. The summed E-state index contributed by atoms with van der Waals surface area (Å²) in [6.07, 6.45) is 2.25. The van der Waals surface area contributed by atoms with Crippen LogP contribution in [0, 0.1) is 0 Å². The highest BCUT2D eigenvalue weighted by atomic mass is 16.5. The van der Waals surface area contributed by atoms with Crippen molar-refractivity contribution < 1.29 is 14.6 Å². The Kier molecular flexibility index (Phi) is 6.47. The van der Waals surface area contributed by atoms with Crippen LogP contribution < -0.4 is 0 Å². The third-order valence-electron chi connectivity index (χ3n) is 3.38. The second kappa shape index (κ2) is 7.63. The van der Waals surface area contributed by atoms with Crippen LogP contribution in [0.15, 0.2) is 0 Å². The molecule has 0 aliphatic carbocycles. The van der Waals surface area contributed by atoms with Crippen molar-refractivity contribution in [1.29, 1.82) is 0 Å². The van der Waals surface area contributed by atoms with Crippen molar-refractivity contribution in [3.05, 3.63) is 0 Å². The molecule has 100 valence electrons. The van der Waals surface area contributed by atoms with Gasteiger partial charge in [0.15, 0.2) is 0 Å². The van der Waals surface area contributed by atoms with Crippen LogP contribution in [0.3, 0.4) is 0 Å². The number of hydrogen-bond donors (Lipinski definition) is 1. The van der Waals surface area contributed by atoms with Crippen LogP contribution in [0.1, 0.15) is 19.8 Å². The van der Waals surface area contributed by atoms with E-state index in [4.69, 9.17) is 9.84 Å². The van der Waals surface area contributed by atoms with Crippen LogP contribution in [-0.4, -0.2) is 73.4 Å². The lowest BCUT2D eigenvalue weighted by Gasteiger charge is -2.36. The van der Waals surface area contributed by atoms with Gasteiger partial charge in [0.1, 0.15) is 6.04 Å². The molecule has 0 amide bonds. The average Bonchev–Trinajstić information content (AvgIpc) is 2.34. The van der Waals surface area contributed by atoms with Crippen LogP contribution in [0.25, 0.3) is 0 Å². The van der Waals surface area contributed by atoms with E-state index in [1.165, 1.54) is 0 Å². The lowest BCUT2D eigenvalue weighted by molar-refractivity contribution is -0.143. The molecule has 0 saturated carbocycles. The number of carboxylic acid groups (broad SMARTS) is 1. The summed E-state index contributed by atoms with van der Waals surface area (Å²) < 4.78 is 5.01. The number of methoxy groups -OCH3 is 1. The summed E-state index contributed by atoms with van der Waals surface area (Å²) >= 11 is 0. The highest BCUT2D eigenvalue weighted by Gasteiger charge is 2.24. The molecular weight excluding hydrogens is 220 g/mol. The van der Waals surface area contributed by atoms with E-state index >= 15 is 0 Å². The maximum atomic E-state index is 10.9. The summed E-state index contributed by atoms with van der Waals surface area (Å²) in [6.45, 7) is 7.36. The van der Waals surface area contributed by atoms with Crippen LogP contribution in [0.5, 0.6) is 0 Å². The molecule has 1 fully saturated rings. The molecular formula is C12H24N2O3. The van der Waals surface area contributed by atoms with Gasteiger partial charge in [0, 0.05) is 39.9 Å². The molecule has 0 bridgehead atoms. The van der Waals surface area contributed by atoms with E-state index in [0.717, 1.165) is 52.2 Å².